The standard InChI is InChI=1S/C11H19N3OS/c1(3-14-4-6-15-7-5-14)2-12-8-11-9-16-10-13-11/h9-10,12H,1-8H2. The lowest BCUT2D eigenvalue weighted by Gasteiger charge is -2.26. The lowest BCUT2D eigenvalue weighted by Crippen LogP contribution is -2.37. The molecule has 0 amide bonds. The molecule has 1 aliphatic rings. The van der Waals surface area contributed by atoms with Gasteiger partial charge in [0.2, 0.25) is 0 Å². The van der Waals surface area contributed by atoms with Crippen LogP contribution in [0.3, 0.4) is 0 Å². The molecule has 1 saturated heterocycles. The lowest BCUT2D eigenvalue weighted by atomic mass is 10.3. The highest BCUT2D eigenvalue weighted by Gasteiger charge is 2.08. The molecule has 0 radical (unpaired) electrons. The van der Waals surface area contributed by atoms with Crippen LogP contribution in [0, 0.1) is 0 Å². The summed E-state index contributed by atoms with van der Waals surface area (Å²) in [5.41, 5.74) is 3.03. The van der Waals surface area contributed by atoms with E-state index in [4.69, 9.17) is 4.74 Å². The smallest absolute Gasteiger partial charge is 0.0795 e. The maximum Gasteiger partial charge on any atom is 0.0795 e. The molecule has 0 atom stereocenters. The molecule has 0 aromatic carbocycles. The van der Waals surface area contributed by atoms with Crippen molar-refractivity contribution in [3.8, 4) is 0 Å². The first-order valence-corrected chi connectivity index (χ1v) is 6.77. The van der Waals surface area contributed by atoms with E-state index in [0.717, 1.165) is 45.1 Å². The normalized spacial score (nSPS) is 17.8. The van der Waals surface area contributed by atoms with Gasteiger partial charge in [-0.25, -0.2) is 4.98 Å². The number of thiazole rings is 1. The summed E-state index contributed by atoms with van der Waals surface area (Å²) in [7, 11) is 0. The van der Waals surface area contributed by atoms with Gasteiger partial charge in [0.15, 0.2) is 0 Å². The fourth-order valence-corrected chi connectivity index (χ4v) is 2.35. The van der Waals surface area contributed by atoms with E-state index in [1.807, 2.05) is 5.51 Å². The minimum absolute atomic E-state index is 0.895. The SMILES string of the molecule is c1nc(CNCCCN2CCOCC2)cs1. The number of hydrogen-bond acceptors (Lipinski definition) is 5. The molecule has 0 spiro atoms. The predicted octanol–water partition coefficient (Wildman–Crippen LogP) is 0.955. The molecule has 16 heavy (non-hydrogen) atoms. The second-order valence-corrected chi connectivity index (χ2v) is 4.68. The monoisotopic (exact) mass is 241 g/mol. The number of ether oxygens (including phenoxy) is 1. The van der Waals surface area contributed by atoms with E-state index in [2.05, 4.69) is 20.6 Å². The van der Waals surface area contributed by atoms with E-state index in [1.54, 1.807) is 11.3 Å². The highest BCUT2D eigenvalue weighted by molar-refractivity contribution is 7.07. The fraction of sp³-hybridized carbons (Fsp3) is 0.727. The second kappa shape index (κ2) is 6.96. The zero-order valence-electron chi connectivity index (χ0n) is 9.52. The summed E-state index contributed by atoms with van der Waals surface area (Å²) in [6, 6.07) is 0. The molecule has 2 rings (SSSR count). The Morgan fingerprint density at radius 2 is 2.31 bits per heavy atom. The van der Waals surface area contributed by atoms with Gasteiger partial charge in [0.25, 0.3) is 0 Å². The quantitative estimate of drug-likeness (QED) is 0.753. The van der Waals surface area contributed by atoms with Gasteiger partial charge in [0.05, 0.1) is 24.4 Å². The zero-order chi connectivity index (χ0) is 11.1. The van der Waals surface area contributed by atoms with E-state index >= 15 is 0 Å². The van der Waals surface area contributed by atoms with Gasteiger partial charge in [-0.1, -0.05) is 0 Å². The molecule has 0 aliphatic carbocycles. The van der Waals surface area contributed by atoms with Crippen LogP contribution in [-0.4, -0.2) is 49.3 Å². The number of aromatic nitrogens is 1. The first-order chi connectivity index (χ1) is 7.95. The maximum atomic E-state index is 5.31. The Morgan fingerprint density at radius 3 is 3.06 bits per heavy atom. The fourth-order valence-electron chi connectivity index (χ4n) is 1.79. The van der Waals surface area contributed by atoms with Crippen LogP contribution >= 0.6 is 11.3 Å². The van der Waals surface area contributed by atoms with Crippen molar-refractivity contribution in [2.45, 2.75) is 13.0 Å². The number of rotatable bonds is 6. The van der Waals surface area contributed by atoms with Crippen LogP contribution in [0.1, 0.15) is 12.1 Å². The number of nitrogens with one attached hydrogen (secondary N) is 1. The average Bonchev–Trinajstić information content (AvgIpc) is 2.83. The van der Waals surface area contributed by atoms with Crippen LogP contribution in [0.5, 0.6) is 0 Å². The Morgan fingerprint density at radius 1 is 1.44 bits per heavy atom. The van der Waals surface area contributed by atoms with Crippen LogP contribution in [0.4, 0.5) is 0 Å². The topological polar surface area (TPSA) is 37.4 Å². The number of hydrogen-bond donors (Lipinski definition) is 1. The van der Waals surface area contributed by atoms with Crippen molar-refractivity contribution in [2.75, 3.05) is 39.4 Å². The van der Waals surface area contributed by atoms with Crippen molar-refractivity contribution in [3.63, 3.8) is 0 Å². The van der Waals surface area contributed by atoms with Crippen LogP contribution < -0.4 is 5.32 Å². The molecule has 1 aromatic rings. The number of nitrogens with zero attached hydrogens (tertiary/aromatic N) is 2. The predicted molar refractivity (Wildman–Crippen MR) is 65.7 cm³/mol. The van der Waals surface area contributed by atoms with E-state index in [1.165, 1.54) is 13.0 Å². The van der Waals surface area contributed by atoms with Gasteiger partial charge in [0.1, 0.15) is 0 Å². The first-order valence-electron chi connectivity index (χ1n) is 5.83. The molecule has 90 valence electrons. The van der Waals surface area contributed by atoms with E-state index in [9.17, 15) is 0 Å². The summed E-state index contributed by atoms with van der Waals surface area (Å²) >= 11 is 1.65. The van der Waals surface area contributed by atoms with E-state index < -0.39 is 0 Å². The minimum atomic E-state index is 0.895. The summed E-state index contributed by atoms with van der Waals surface area (Å²) in [6.07, 6.45) is 1.20. The Balaban J connectivity index is 1.48. The van der Waals surface area contributed by atoms with Gasteiger partial charge in [-0.2, -0.15) is 0 Å². The summed E-state index contributed by atoms with van der Waals surface area (Å²) < 4.78 is 5.31. The van der Waals surface area contributed by atoms with Crippen LogP contribution in [-0.2, 0) is 11.3 Å². The highest BCUT2D eigenvalue weighted by Crippen LogP contribution is 2.00. The van der Waals surface area contributed by atoms with Gasteiger partial charge in [0, 0.05) is 25.0 Å². The van der Waals surface area contributed by atoms with Gasteiger partial charge in [-0.05, 0) is 19.5 Å². The molecular formula is C11H19N3OS. The summed E-state index contributed by atoms with van der Waals surface area (Å²) in [6.45, 7) is 7.10. The Labute approximate surface area is 101 Å². The first kappa shape index (κ1) is 12.0. The third-order valence-electron chi connectivity index (χ3n) is 2.72. The van der Waals surface area contributed by atoms with Gasteiger partial charge >= 0.3 is 0 Å². The van der Waals surface area contributed by atoms with Gasteiger partial charge in [-0.15, -0.1) is 11.3 Å². The van der Waals surface area contributed by atoms with Crippen LogP contribution in [0.15, 0.2) is 10.9 Å². The Hall–Kier alpha value is -0.490. The molecule has 1 fully saturated rings. The number of morpholine rings is 1. The molecule has 0 saturated carbocycles. The molecule has 2 heterocycles. The molecule has 1 N–H and O–H groups in total. The minimum Gasteiger partial charge on any atom is -0.379 e. The third-order valence-corrected chi connectivity index (χ3v) is 3.36. The molecule has 5 heteroatoms. The Bertz CT molecular complexity index is 273. The average molecular weight is 241 g/mol. The van der Waals surface area contributed by atoms with Crippen molar-refractivity contribution >= 4 is 11.3 Å². The molecule has 4 nitrogen and oxygen atoms in total. The van der Waals surface area contributed by atoms with Crippen molar-refractivity contribution in [1.82, 2.24) is 15.2 Å². The van der Waals surface area contributed by atoms with Crippen LogP contribution in [0.2, 0.25) is 0 Å². The van der Waals surface area contributed by atoms with E-state index in [0.29, 0.717) is 0 Å². The van der Waals surface area contributed by atoms with E-state index in [-0.39, 0.29) is 0 Å². The largest absolute Gasteiger partial charge is 0.379 e. The van der Waals surface area contributed by atoms with Crippen LogP contribution in [0.25, 0.3) is 0 Å². The second-order valence-electron chi connectivity index (χ2n) is 3.96. The molecular weight excluding hydrogens is 222 g/mol. The molecule has 1 aliphatic heterocycles. The molecule has 0 unspecified atom stereocenters. The summed E-state index contributed by atoms with van der Waals surface area (Å²) in [4.78, 5) is 6.70. The molecule has 0 bridgehead atoms. The molecule has 1 aromatic heterocycles. The van der Waals surface area contributed by atoms with Crippen molar-refractivity contribution < 1.29 is 4.74 Å². The summed E-state index contributed by atoms with van der Waals surface area (Å²) in [5, 5.41) is 5.51. The lowest BCUT2D eigenvalue weighted by molar-refractivity contribution is 0.0374. The van der Waals surface area contributed by atoms with Gasteiger partial charge in [-0.3, -0.25) is 4.90 Å². The van der Waals surface area contributed by atoms with Crippen molar-refractivity contribution in [1.29, 1.82) is 0 Å². The Kier molecular flexibility index (Phi) is 5.21. The zero-order valence-corrected chi connectivity index (χ0v) is 10.3. The van der Waals surface area contributed by atoms with Crippen molar-refractivity contribution in [2.24, 2.45) is 0 Å². The highest BCUT2D eigenvalue weighted by atomic mass is 32.1. The maximum absolute atomic E-state index is 5.31. The van der Waals surface area contributed by atoms with Gasteiger partial charge < -0.3 is 10.1 Å². The summed E-state index contributed by atoms with van der Waals surface area (Å²) in [5.74, 6) is 0. The van der Waals surface area contributed by atoms with Crippen molar-refractivity contribution in [3.05, 3.63) is 16.6 Å². The third kappa shape index (κ3) is 4.17.